The number of nitrogens with zero attached hydrogens (tertiary/aromatic N) is 1. The van der Waals surface area contributed by atoms with Gasteiger partial charge in [-0.25, -0.2) is 0 Å². The van der Waals surface area contributed by atoms with Gasteiger partial charge in [0.1, 0.15) is 0 Å². The van der Waals surface area contributed by atoms with Crippen LogP contribution in [0.4, 0.5) is 0 Å². The zero-order chi connectivity index (χ0) is 13.2. The fourth-order valence-corrected chi connectivity index (χ4v) is 3.59. The predicted octanol–water partition coefficient (Wildman–Crippen LogP) is 2.39. The summed E-state index contributed by atoms with van der Waals surface area (Å²) in [6.07, 6.45) is 6.69. The minimum atomic E-state index is 0.250. The summed E-state index contributed by atoms with van der Waals surface area (Å²) >= 11 is 0. The van der Waals surface area contributed by atoms with Gasteiger partial charge in [0.15, 0.2) is 0 Å². The number of ether oxygens (including phenoxy) is 1. The van der Waals surface area contributed by atoms with Gasteiger partial charge >= 0.3 is 0 Å². The maximum Gasteiger partial charge on any atom is 0.0611 e. The van der Waals surface area contributed by atoms with Crippen LogP contribution in [-0.2, 0) is 4.74 Å². The third kappa shape index (κ3) is 2.89. The highest BCUT2D eigenvalue weighted by Gasteiger charge is 2.48. The van der Waals surface area contributed by atoms with E-state index in [1.54, 1.807) is 0 Å². The van der Waals surface area contributed by atoms with E-state index < -0.39 is 0 Å². The molecule has 18 heavy (non-hydrogen) atoms. The van der Waals surface area contributed by atoms with Crippen molar-refractivity contribution in [3.8, 4) is 0 Å². The Hall–Kier alpha value is -0.120. The average Bonchev–Trinajstić information content (AvgIpc) is 2.45. The van der Waals surface area contributed by atoms with Crippen molar-refractivity contribution in [1.82, 2.24) is 4.90 Å². The Balaban J connectivity index is 1.93. The lowest BCUT2D eigenvalue weighted by Crippen LogP contribution is -2.64. The maximum atomic E-state index is 6.08. The van der Waals surface area contributed by atoms with Crippen LogP contribution in [0.3, 0.4) is 0 Å². The van der Waals surface area contributed by atoms with Crippen molar-refractivity contribution >= 4 is 0 Å². The first kappa shape index (κ1) is 14.3. The van der Waals surface area contributed by atoms with E-state index in [1.165, 1.54) is 32.4 Å². The summed E-state index contributed by atoms with van der Waals surface area (Å²) in [5.41, 5.74) is 6.84. The van der Waals surface area contributed by atoms with Gasteiger partial charge in [0.05, 0.1) is 6.10 Å². The lowest BCUT2D eigenvalue weighted by Gasteiger charge is -2.53. The van der Waals surface area contributed by atoms with Crippen molar-refractivity contribution in [3.63, 3.8) is 0 Å². The highest BCUT2D eigenvalue weighted by Crippen LogP contribution is 2.42. The minimum absolute atomic E-state index is 0.250. The van der Waals surface area contributed by atoms with Crippen LogP contribution in [-0.4, -0.2) is 42.8 Å². The summed E-state index contributed by atoms with van der Waals surface area (Å²) in [5, 5.41) is 0. The van der Waals surface area contributed by atoms with Crippen molar-refractivity contribution in [3.05, 3.63) is 0 Å². The topological polar surface area (TPSA) is 38.5 Å². The van der Waals surface area contributed by atoms with Crippen molar-refractivity contribution in [1.29, 1.82) is 0 Å². The van der Waals surface area contributed by atoms with Gasteiger partial charge in [-0.3, -0.25) is 4.90 Å². The van der Waals surface area contributed by atoms with E-state index in [0.29, 0.717) is 11.5 Å². The maximum absolute atomic E-state index is 6.08. The van der Waals surface area contributed by atoms with Crippen LogP contribution in [0.25, 0.3) is 0 Å². The molecule has 2 fully saturated rings. The summed E-state index contributed by atoms with van der Waals surface area (Å²) < 4.78 is 5.72. The first-order valence-corrected chi connectivity index (χ1v) is 7.58. The van der Waals surface area contributed by atoms with Crippen molar-refractivity contribution in [2.24, 2.45) is 11.1 Å². The van der Waals surface area contributed by atoms with Crippen molar-refractivity contribution in [2.75, 3.05) is 26.2 Å². The van der Waals surface area contributed by atoms with Gasteiger partial charge in [0, 0.05) is 18.7 Å². The third-order valence-corrected chi connectivity index (χ3v) is 5.01. The van der Waals surface area contributed by atoms with Gasteiger partial charge in [0.25, 0.3) is 0 Å². The number of hydrogen-bond acceptors (Lipinski definition) is 3. The first-order chi connectivity index (χ1) is 8.51. The van der Waals surface area contributed by atoms with Crippen LogP contribution < -0.4 is 5.73 Å². The summed E-state index contributed by atoms with van der Waals surface area (Å²) in [6.45, 7) is 10.9. The Morgan fingerprint density at radius 1 is 1.22 bits per heavy atom. The van der Waals surface area contributed by atoms with Crippen LogP contribution in [0.5, 0.6) is 0 Å². The lowest BCUT2D eigenvalue weighted by atomic mass is 9.72. The average molecular weight is 254 g/mol. The van der Waals surface area contributed by atoms with Crippen LogP contribution >= 0.6 is 0 Å². The molecule has 0 atom stereocenters. The molecule has 0 aromatic carbocycles. The second kappa shape index (κ2) is 5.48. The van der Waals surface area contributed by atoms with E-state index in [0.717, 1.165) is 26.0 Å². The van der Waals surface area contributed by atoms with Crippen LogP contribution in [0.2, 0.25) is 0 Å². The standard InChI is InChI=1S/C15H30N2O/c1-4-18-13-10-15(11-13,12-16)17-8-5-6-14(2,3)7-9-17/h13H,4-12,16H2,1-3H3. The van der Waals surface area contributed by atoms with E-state index in [2.05, 4.69) is 25.7 Å². The molecule has 0 aromatic rings. The monoisotopic (exact) mass is 254 g/mol. The van der Waals surface area contributed by atoms with Crippen molar-refractivity contribution < 1.29 is 4.74 Å². The largest absolute Gasteiger partial charge is 0.378 e. The van der Waals surface area contributed by atoms with E-state index in [4.69, 9.17) is 10.5 Å². The Bertz CT molecular complexity index is 272. The molecular formula is C15H30N2O. The molecule has 2 rings (SSSR count). The molecule has 106 valence electrons. The second-order valence-electron chi connectivity index (χ2n) is 6.92. The summed E-state index contributed by atoms with van der Waals surface area (Å²) in [6, 6.07) is 0. The Labute approximate surface area is 112 Å². The zero-order valence-electron chi connectivity index (χ0n) is 12.4. The number of likely N-dealkylation sites (tertiary alicyclic amines) is 1. The SMILES string of the molecule is CCOC1CC(CN)(N2CCCC(C)(C)CC2)C1. The minimum Gasteiger partial charge on any atom is -0.378 e. The van der Waals surface area contributed by atoms with Gasteiger partial charge in [-0.05, 0) is 57.5 Å². The van der Waals surface area contributed by atoms with Crippen LogP contribution in [0, 0.1) is 5.41 Å². The second-order valence-corrected chi connectivity index (χ2v) is 6.92. The number of nitrogens with two attached hydrogens (primary N) is 1. The fourth-order valence-electron chi connectivity index (χ4n) is 3.59. The van der Waals surface area contributed by atoms with Gasteiger partial charge in [0.2, 0.25) is 0 Å². The summed E-state index contributed by atoms with van der Waals surface area (Å²) in [5.74, 6) is 0. The molecule has 2 aliphatic rings. The Kier molecular flexibility index (Phi) is 4.35. The lowest BCUT2D eigenvalue weighted by molar-refractivity contribution is -0.0996. The normalized spacial score (nSPS) is 37.0. The highest BCUT2D eigenvalue weighted by molar-refractivity contribution is 5.05. The Morgan fingerprint density at radius 3 is 2.56 bits per heavy atom. The quantitative estimate of drug-likeness (QED) is 0.837. The fraction of sp³-hybridized carbons (Fsp3) is 1.00. The van der Waals surface area contributed by atoms with Gasteiger partial charge in [-0.15, -0.1) is 0 Å². The zero-order valence-corrected chi connectivity index (χ0v) is 12.4. The predicted molar refractivity (Wildman–Crippen MR) is 75.6 cm³/mol. The molecule has 0 aromatic heterocycles. The molecule has 0 amide bonds. The molecule has 0 spiro atoms. The van der Waals surface area contributed by atoms with E-state index in [1.807, 2.05) is 0 Å². The summed E-state index contributed by atoms with van der Waals surface area (Å²) in [4.78, 5) is 2.66. The van der Waals surface area contributed by atoms with Crippen LogP contribution in [0.15, 0.2) is 0 Å². The molecule has 1 aliphatic carbocycles. The molecule has 1 aliphatic heterocycles. The molecule has 0 radical (unpaired) electrons. The smallest absolute Gasteiger partial charge is 0.0611 e. The van der Waals surface area contributed by atoms with E-state index >= 15 is 0 Å². The van der Waals surface area contributed by atoms with Gasteiger partial charge < -0.3 is 10.5 Å². The molecule has 0 bridgehead atoms. The molecule has 1 heterocycles. The van der Waals surface area contributed by atoms with Gasteiger partial charge in [-0.2, -0.15) is 0 Å². The molecule has 2 N–H and O–H groups in total. The molecule has 0 unspecified atom stereocenters. The molecule has 1 saturated heterocycles. The van der Waals surface area contributed by atoms with Crippen LogP contribution in [0.1, 0.15) is 52.9 Å². The molecular weight excluding hydrogens is 224 g/mol. The number of rotatable bonds is 4. The third-order valence-electron chi connectivity index (χ3n) is 5.01. The Morgan fingerprint density at radius 2 is 1.94 bits per heavy atom. The highest BCUT2D eigenvalue weighted by atomic mass is 16.5. The molecule has 1 saturated carbocycles. The van der Waals surface area contributed by atoms with Crippen molar-refractivity contribution in [2.45, 2.75) is 64.5 Å². The van der Waals surface area contributed by atoms with E-state index in [9.17, 15) is 0 Å². The number of hydrogen-bond donors (Lipinski definition) is 1. The molecule has 3 heteroatoms. The molecule has 3 nitrogen and oxygen atoms in total. The van der Waals surface area contributed by atoms with Gasteiger partial charge in [-0.1, -0.05) is 13.8 Å². The first-order valence-electron chi connectivity index (χ1n) is 7.58. The van der Waals surface area contributed by atoms with E-state index in [-0.39, 0.29) is 5.54 Å². The summed E-state index contributed by atoms with van der Waals surface area (Å²) in [7, 11) is 0.